The van der Waals surface area contributed by atoms with E-state index in [4.69, 9.17) is 4.42 Å². The number of furan rings is 1. The zero-order valence-electron chi connectivity index (χ0n) is 15.6. The first kappa shape index (κ1) is 19.2. The minimum atomic E-state index is -0.229. The molecule has 0 saturated carbocycles. The Kier molecular flexibility index (Phi) is 6.82. The van der Waals surface area contributed by atoms with Crippen molar-refractivity contribution in [1.82, 2.24) is 15.1 Å². The Labute approximate surface area is 149 Å². The molecule has 138 valence electrons. The van der Waals surface area contributed by atoms with Gasteiger partial charge in [0.1, 0.15) is 0 Å². The van der Waals surface area contributed by atoms with Gasteiger partial charge in [0.15, 0.2) is 5.76 Å². The van der Waals surface area contributed by atoms with Crippen LogP contribution in [0.4, 0.5) is 0 Å². The smallest absolute Gasteiger partial charge is 0.287 e. The monoisotopic (exact) mass is 347 g/mol. The Morgan fingerprint density at radius 1 is 1.36 bits per heavy atom. The van der Waals surface area contributed by atoms with Gasteiger partial charge < -0.3 is 14.6 Å². The Bertz CT molecular complexity index is 601. The first-order chi connectivity index (χ1) is 12.0. The third-order valence-corrected chi connectivity index (χ3v) is 4.58. The van der Waals surface area contributed by atoms with Crippen LogP contribution in [-0.4, -0.2) is 59.9 Å². The zero-order chi connectivity index (χ0) is 18.4. The Balaban J connectivity index is 2.08. The molecule has 1 aromatic heterocycles. The van der Waals surface area contributed by atoms with Crippen LogP contribution in [0.5, 0.6) is 0 Å². The highest BCUT2D eigenvalue weighted by Crippen LogP contribution is 2.21. The molecule has 1 N–H and O–H groups in total. The van der Waals surface area contributed by atoms with Crippen LogP contribution in [0.2, 0.25) is 0 Å². The van der Waals surface area contributed by atoms with Crippen molar-refractivity contribution in [3.8, 4) is 0 Å². The number of nitrogens with one attached hydrogen (secondary N) is 1. The number of likely N-dealkylation sites (N-methyl/N-ethyl adjacent to an activating group) is 1. The molecule has 0 bridgehead atoms. The molecule has 1 saturated heterocycles. The summed E-state index contributed by atoms with van der Waals surface area (Å²) in [6.07, 6.45) is 4.23. The Morgan fingerprint density at radius 3 is 2.64 bits per heavy atom. The second kappa shape index (κ2) is 8.85. The third kappa shape index (κ3) is 4.95. The van der Waals surface area contributed by atoms with Crippen LogP contribution in [0.3, 0.4) is 0 Å². The molecule has 25 heavy (non-hydrogen) atoms. The molecule has 6 nitrogen and oxygen atoms in total. The van der Waals surface area contributed by atoms with Gasteiger partial charge in [0, 0.05) is 32.2 Å². The van der Waals surface area contributed by atoms with Gasteiger partial charge in [-0.1, -0.05) is 11.6 Å². The highest BCUT2D eigenvalue weighted by molar-refractivity contribution is 5.91. The molecule has 0 spiro atoms. The fourth-order valence-electron chi connectivity index (χ4n) is 3.18. The van der Waals surface area contributed by atoms with Crippen LogP contribution in [0.1, 0.15) is 44.7 Å². The molecule has 0 aliphatic carbocycles. The van der Waals surface area contributed by atoms with Crippen LogP contribution in [0.25, 0.3) is 0 Å². The van der Waals surface area contributed by atoms with Crippen LogP contribution >= 0.6 is 0 Å². The van der Waals surface area contributed by atoms with Gasteiger partial charge in [-0.15, -0.1) is 0 Å². The number of hydrogen-bond donors (Lipinski definition) is 1. The zero-order valence-corrected chi connectivity index (χ0v) is 15.6. The highest BCUT2D eigenvalue weighted by Gasteiger charge is 2.38. The molecule has 1 aliphatic heterocycles. The Hall–Kier alpha value is -2.08. The summed E-state index contributed by atoms with van der Waals surface area (Å²) in [5, 5.41) is 2.99. The van der Waals surface area contributed by atoms with E-state index in [2.05, 4.69) is 16.3 Å². The van der Waals surface area contributed by atoms with Crippen molar-refractivity contribution in [2.45, 2.75) is 46.2 Å². The third-order valence-electron chi connectivity index (χ3n) is 4.58. The lowest BCUT2D eigenvalue weighted by Gasteiger charge is -2.28. The van der Waals surface area contributed by atoms with Crippen molar-refractivity contribution >= 4 is 11.8 Å². The summed E-state index contributed by atoms with van der Waals surface area (Å²) in [6, 6.07) is 3.08. The number of amides is 2. The van der Waals surface area contributed by atoms with E-state index < -0.39 is 0 Å². The van der Waals surface area contributed by atoms with Crippen molar-refractivity contribution in [3.63, 3.8) is 0 Å². The van der Waals surface area contributed by atoms with Crippen LogP contribution in [-0.2, 0) is 4.79 Å². The largest absolute Gasteiger partial charge is 0.459 e. The number of rotatable bonds is 7. The SMILES string of the molecule is CCN(CC)C(=O)C1CC(NC(=O)c2ccco2)CN1CC=C(C)C. The van der Waals surface area contributed by atoms with E-state index in [1.54, 1.807) is 12.1 Å². The normalized spacial score (nSPS) is 20.3. The van der Waals surface area contributed by atoms with Gasteiger partial charge in [-0.05, 0) is 46.2 Å². The summed E-state index contributed by atoms with van der Waals surface area (Å²) in [5.74, 6) is 0.212. The molecule has 1 fully saturated rings. The molecular weight excluding hydrogens is 318 g/mol. The first-order valence-electron chi connectivity index (χ1n) is 8.96. The molecule has 2 heterocycles. The number of hydrogen-bond acceptors (Lipinski definition) is 4. The second-order valence-corrected chi connectivity index (χ2v) is 6.65. The van der Waals surface area contributed by atoms with Gasteiger partial charge in [0.05, 0.1) is 12.3 Å². The van der Waals surface area contributed by atoms with Gasteiger partial charge in [0.25, 0.3) is 5.91 Å². The van der Waals surface area contributed by atoms with Crippen LogP contribution in [0.15, 0.2) is 34.5 Å². The number of carbonyl (C=O) groups excluding carboxylic acids is 2. The standard InChI is InChI=1S/C19H29N3O3/c1-5-21(6-2)19(24)16-12-15(13-22(16)10-9-14(3)4)20-18(23)17-8-7-11-25-17/h7-9,11,15-16H,5-6,10,12-13H2,1-4H3,(H,20,23). The van der Waals surface area contributed by atoms with Crippen molar-refractivity contribution < 1.29 is 14.0 Å². The van der Waals surface area contributed by atoms with E-state index in [1.807, 2.05) is 32.6 Å². The maximum atomic E-state index is 12.9. The van der Waals surface area contributed by atoms with E-state index in [0.29, 0.717) is 38.4 Å². The number of nitrogens with zero attached hydrogens (tertiary/aromatic N) is 2. The molecule has 1 aliphatic rings. The van der Waals surface area contributed by atoms with Crippen molar-refractivity contribution in [1.29, 1.82) is 0 Å². The van der Waals surface area contributed by atoms with E-state index in [-0.39, 0.29) is 23.9 Å². The summed E-state index contributed by atoms with van der Waals surface area (Å²) < 4.78 is 5.15. The van der Waals surface area contributed by atoms with Gasteiger partial charge in [-0.2, -0.15) is 0 Å². The minimum absolute atomic E-state index is 0.0623. The average Bonchev–Trinajstić information content (AvgIpc) is 3.23. The van der Waals surface area contributed by atoms with Crippen molar-refractivity contribution in [2.24, 2.45) is 0 Å². The average molecular weight is 347 g/mol. The molecule has 2 rings (SSSR count). The number of allylic oxidation sites excluding steroid dienone is 1. The quantitative estimate of drug-likeness (QED) is 0.769. The van der Waals surface area contributed by atoms with E-state index in [9.17, 15) is 9.59 Å². The number of likely N-dealkylation sites (tertiary alicyclic amines) is 1. The lowest BCUT2D eigenvalue weighted by molar-refractivity contribution is -0.135. The van der Waals surface area contributed by atoms with Gasteiger partial charge in [-0.3, -0.25) is 14.5 Å². The first-order valence-corrected chi connectivity index (χ1v) is 8.96. The highest BCUT2D eigenvalue weighted by atomic mass is 16.3. The Morgan fingerprint density at radius 2 is 2.08 bits per heavy atom. The maximum Gasteiger partial charge on any atom is 0.287 e. The lowest BCUT2D eigenvalue weighted by Crippen LogP contribution is -2.45. The molecular formula is C19H29N3O3. The van der Waals surface area contributed by atoms with Crippen molar-refractivity contribution in [3.05, 3.63) is 35.8 Å². The molecule has 1 aromatic rings. The second-order valence-electron chi connectivity index (χ2n) is 6.65. The fraction of sp³-hybridized carbons (Fsp3) is 0.579. The molecule has 2 atom stereocenters. The van der Waals surface area contributed by atoms with Gasteiger partial charge in [-0.25, -0.2) is 0 Å². The van der Waals surface area contributed by atoms with Crippen LogP contribution in [0, 0.1) is 0 Å². The summed E-state index contributed by atoms with van der Waals surface area (Å²) in [7, 11) is 0. The van der Waals surface area contributed by atoms with E-state index >= 15 is 0 Å². The minimum Gasteiger partial charge on any atom is -0.459 e. The molecule has 2 amide bonds. The summed E-state index contributed by atoms with van der Waals surface area (Å²) in [4.78, 5) is 29.1. The van der Waals surface area contributed by atoms with Gasteiger partial charge >= 0.3 is 0 Å². The molecule has 6 heteroatoms. The van der Waals surface area contributed by atoms with E-state index in [1.165, 1.54) is 11.8 Å². The van der Waals surface area contributed by atoms with Crippen molar-refractivity contribution in [2.75, 3.05) is 26.2 Å². The fourth-order valence-corrected chi connectivity index (χ4v) is 3.18. The molecule has 0 aromatic carbocycles. The topological polar surface area (TPSA) is 65.8 Å². The lowest BCUT2D eigenvalue weighted by atomic mass is 10.1. The van der Waals surface area contributed by atoms with Crippen LogP contribution < -0.4 is 5.32 Å². The molecule has 0 radical (unpaired) electrons. The molecule has 2 unspecified atom stereocenters. The summed E-state index contributed by atoms with van der Waals surface area (Å²) >= 11 is 0. The predicted octanol–water partition coefficient (Wildman–Crippen LogP) is 2.29. The van der Waals surface area contributed by atoms with Gasteiger partial charge in [0.2, 0.25) is 5.91 Å². The van der Waals surface area contributed by atoms with E-state index in [0.717, 1.165) is 0 Å². The number of carbonyl (C=O) groups is 2. The summed E-state index contributed by atoms with van der Waals surface area (Å²) in [6.45, 7) is 10.9. The maximum absolute atomic E-state index is 12.9. The summed E-state index contributed by atoms with van der Waals surface area (Å²) in [5.41, 5.74) is 1.22. The predicted molar refractivity (Wildman–Crippen MR) is 97.3 cm³/mol.